The molecule has 0 radical (unpaired) electrons. The van der Waals surface area contributed by atoms with Gasteiger partial charge in [0.15, 0.2) is 0 Å². The first-order valence-electron chi connectivity index (χ1n) is 10.3. The van der Waals surface area contributed by atoms with Gasteiger partial charge in [-0.15, -0.1) is 0 Å². The monoisotopic (exact) mass is 461 g/mol. The first kappa shape index (κ1) is 22.7. The fourth-order valence-corrected chi connectivity index (χ4v) is 3.89. The molecule has 0 unspecified atom stereocenters. The number of ether oxygens (including phenoxy) is 1. The third-order valence-corrected chi connectivity index (χ3v) is 5.51. The fourth-order valence-electron chi connectivity index (χ4n) is 3.89. The Kier molecular flexibility index (Phi) is 5.85. The van der Waals surface area contributed by atoms with E-state index in [0.29, 0.717) is 22.5 Å². The van der Waals surface area contributed by atoms with Crippen LogP contribution in [0.1, 0.15) is 27.3 Å². The number of nitrogens with one attached hydrogen (secondary N) is 1. The number of halogens is 1. The van der Waals surface area contributed by atoms with Crippen LogP contribution in [0.5, 0.6) is 0 Å². The Labute approximate surface area is 194 Å². The Morgan fingerprint density at radius 3 is 2.38 bits per heavy atom. The van der Waals surface area contributed by atoms with Crippen molar-refractivity contribution in [3.05, 3.63) is 88.5 Å². The molecular weight excluding hydrogens is 441 g/mol. The maximum Gasteiger partial charge on any atom is 0.339 e. The summed E-state index contributed by atoms with van der Waals surface area (Å²) in [6.45, 7) is 3.60. The van der Waals surface area contributed by atoms with Crippen LogP contribution in [0.3, 0.4) is 0 Å². The lowest BCUT2D eigenvalue weighted by atomic mass is 10.1. The minimum absolute atomic E-state index is 0.125. The van der Waals surface area contributed by atoms with Gasteiger partial charge in [-0.25, -0.2) is 18.9 Å². The number of aryl methyl sites for hydroxylation is 1. The second kappa shape index (κ2) is 8.78. The number of carbonyl (C=O) groups excluding carboxylic acids is 4. The molecule has 4 amide bonds. The largest absolute Gasteiger partial charge is 0.465 e. The molecule has 0 spiro atoms. The van der Waals surface area contributed by atoms with Gasteiger partial charge in [0, 0.05) is 11.4 Å². The number of hydrogen-bond acceptors (Lipinski definition) is 5. The number of imide groups is 2. The van der Waals surface area contributed by atoms with Gasteiger partial charge in [0.2, 0.25) is 0 Å². The molecule has 0 bridgehead atoms. The minimum Gasteiger partial charge on any atom is -0.465 e. The average molecular weight is 461 g/mol. The Morgan fingerprint density at radius 2 is 1.71 bits per heavy atom. The van der Waals surface area contributed by atoms with Gasteiger partial charge < -0.3 is 9.30 Å². The van der Waals surface area contributed by atoms with Gasteiger partial charge in [0.05, 0.1) is 24.0 Å². The number of carbonyl (C=O) groups is 4. The molecule has 34 heavy (non-hydrogen) atoms. The molecular formula is C25H20FN3O5. The summed E-state index contributed by atoms with van der Waals surface area (Å²) in [5.74, 6) is -2.70. The van der Waals surface area contributed by atoms with Crippen LogP contribution >= 0.6 is 0 Å². The van der Waals surface area contributed by atoms with Gasteiger partial charge >= 0.3 is 12.0 Å². The number of anilines is 1. The quantitative estimate of drug-likeness (QED) is 0.363. The Morgan fingerprint density at radius 1 is 1.03 bits per heavy atom. The zero-order valence-electron chi connectivity index (χ0n) is 18.6. The van der Waals surface area contributed by atoms with Crippen LogP contribution in [0.4, 0.5) is 14.9 Å². The van der Waals surface area contributed by atoms with E-state index in [2.05, 4.69) is 5.32 Å². The van der Waals surface area contributed by atoms with Crippen molar-refractivity contribution in [1.29, 1.82) is 0 Å². The summed E-state index contributed by atoms with van der Waals surface area (Å²) in [5.41, 5.74) is 2.75. The lowest BCUT2D eigenvalue weighted by Gasteiger charge is -2.26. The predicted molar refractivity (Wildman–Crippen MR) is 122 cm³/mol. The molecule has 8 nitrogen and oxygen atoms in total. The third kappa shape index (κ3) is 3.88. The van der Waals surface area contributed by atoms with Crippen molar-refractivity contribution in [2.75, 3.05) is 12.0 Å². The van der Waals surface area contributed by atoms with Gasteiger partial charge in [-0.3, -0.25) is 14.9 Å². The number of para-hydroxylation sites is 1. The first-order valence-corrected chi connectivity index (χ1v) is 10.3. The minimum atomic E-state index is -0.920. The number of methoxy groups -OCH3 is 1. The molecule has 0 aliphatic carbocycles. The van der Waals surface area contributed by atoms with E-state index in [-0.39, 0.29) is 11.3 Å². The highest BCUT2D eigenvalue weighted by molar-refractivity contribution is 6.39. The van der Waals surface area contributed by atoms with Gasteiger partial charge in [0.25, 0.3) is 11.8 Å². The molecule has 1 N–H and O–H groups in total. The zero-order valence-corrected chi connectivity index (χ0v) is 18.6. The molecule has 1 aliphatic heterocycles. The van der Waals surface area contributed by atoms with E-state index in [0.717, 1.165) is 22.7 Å². The number of hydrogen-bond donors (Lipinski definition) is 1. The summed E-state index contributed by atoms with van der Waals surface area (Å²) in [6.07, 6.45) is 1.39. The van der Waals surface area contributed by atoms with Gasteiger partial charge in [-0.2, -0.15) is 0 Å². The third-order valence-electron chi connectivity index (χ3n) is 5.51. The summed E-state index contributed by atoms with van der Waals surface area (Å²) in [7, 11) is 1.30. The van der Waals surface area contributed by atoms with Gasteiger partial charge in [-0.05, 0) is 68.0 Å². The second-order valence-corrected chi connectivity index (χ2v) is 7.60. The predicted octanol–water partition coefficient (Wildman–Crippen LogP) is 3.69. The van der Waals surface area contributed by atoms with E-state index in [1.54, 1.807) is 37.3 Å². The molecule has 0 saturated carbocycles. The first-order chi connectivity index (χ1) is 16.2. The van der Waals surface area contributed by atoms with E-state index in [4.69, 9.17) is 4.74 Å². The maximum atomic E-state index is 13.3. The summed E-state index contributed by atoms with van der Waals surface area (Å²) in [6, 6.07) is 12.5. The van der Waals surface area contributed by atoms with E-state index in [1.807, 2.05) is 11.5 Å². The lowest BCUT2D eigenvalue weighted by Crippen LogP contribution is -2.54. The smallest absolute Gasteiger partial charge is 0.339 e. The molecule has 9 heteroatoms. The average Bonchev–Trinajstić information content (AvgIpc) is 3.09. The summed E-state index contributed by atoms with van der Waals surface area (Å²) >= 11 is 0. The summed E-state index contributed by atoms with van der Waals surface area (Å²) in [5, 5.41) is 2.14. The maximum absolute atomic E-state index is 13.3. The van der Waals surface area contributed by atoms with Crippen molar-refractivity contribution in [3.8, 4) is 5.69 Å². The highest BCUT2D eigenvalue weighted by Crippen LogP contribution is 2.27. The van der Waals surface area contributed by atoms with E-state index in [9.17, 15) is 23.6 Å². The second-order valence-electron chi connectivity index (χ2n) is 7.60. The van der Waals surface area contributed by atoms with Crippen LogP contribution in [0, 0.1) is 19.7 Å². The zero-order chi connectivity index (χ0) is 24.6. The normalized spacial score (nSPS) is 15.0. The van der Waals surface area contributed by atoms with Gasteiger partial charge in [0.1, 0.15) is 11.4 Å². The van der Waals surface area contributed by atoms with Crippen molar-refractivity contribution in [3.63, 3.8) is 0 Å². The van der Waals surface area contributed by atoms with Crippen molar-refractivity contribution in [2.45, 2.75) is 13.8 Å². The number of rotatable bonds is 4. The molecule has 2 aromatic carbocycles. The van der Waals surface area contributed by atoms with Gasteiger partial charge in [-0.1, -0.05) is 12.1 Å². The molecule has 2 heterocycles. The van der Waals surface area contributed by atoms with E-state index < -0.39 is 29.6 Å². The molecule has 1 aromatic heterocycles. The molecule has 3 aromatic rings. The number of esters is 1. The van der Waals surface area contributed by atoms with Crippen LogP contribution in [0.2, 0.25) is 0 Å². The summed E-state index contributed by atoms with van der Waals surface area (Å²) in [4.78, 5) is 51.0. The van der Waals surface area contributed by atoms with Crippen LogP contribution < -0.4 is 10.2 Å². The number of amides is 4. The lowest BCUT2D eigenvalue weighted by molar-refractivity contribution is -0.122. The molecule has 0 atom stereocenters. The Bertz CT molecular complexity index is 1370. The SMILES string of the molecule is COC(=O)c1ccccc1-n1c(C)cc(/C=C2\C(=O)NC(=O)N(c3ccc(F)cc3)C2=O)c1C. The Hall–Kier alpha value is -4.53. The van der Waals surface area contributed by atoms with Crippen molar-refractivity contribution in [2.24, 2.45) is 0 Å². The number of aromatic nitrogens is 1. The molecule has 1 fully saturated rings. The fraction of sp³-hybridized carbons (Fsp3) is 0.120. The van der Waals surface area contributed by atoms with Crippen LogP contribution in [-0.4, -0.2) is 35.5 Å². The number of barbiturate groups is 1. The van der Waals surface area contributed by atoms with Crippen LogP contribution in [-0.2, 0) is 14.3 Å². The van der Waals surface area contributed by atoms with Crippen molar-refractivity contribution in [1.82, 2.24) is 9.88 Å². The van der Waals surface area contributed by atoms with Crippen molar-refractivity contribution >= 4 is 35.6 Å². The highest BCUT2D eigenvalue weighted by Gasteiger charge is 2.37. The topological polar surface area (TPSA) is 97.7 Å². The van der Waals surface area contributed by atoms with Crippen LogP contribution in [0.25, 0.3) is 11.8 Å². The highest BCUT2D eigenvalue weighted by atomic mass is 19.1. The number of benzene rings is 2. The molecule has 4 rings (SSSR count). The molecule has 1 saturated heterocycles. The van der Waals surface area contributed by atoms with Crippen LogP contribution in [0.15, 0.2) is 60.2 Å². The standard InChI is InChI=1S/C25H20FN3O5/c1-14-12-16(15(2)28(14)21-7-5-4-6-19(21)24(32)34-3)13-20-22(30)27-25(33)29(23(20)31)18-10-8-17(26)9-11-18/h4-13H,1-3H3,(H,27,30,33)/b20-13+. The van der Waals surface area contributed by atoms with Crippen molar-refractivity contribution < 1.29 is 28.3 Å². The molecule has 172 valence electrons. The Balaban J connectivity index is 1.79. The summed E-state index contributed by atoms with van der Waals surface area (Å²) < 4.78 is 20.0. The molecule has 1 aliphatic rings. The number of urea groups is 1. The number of nitrogens with zero attached hydrogens (tertiary/aromatic N) is 2. The van der Waals surface area contributed by atoms with E-state index >= 15 is 0 Å². The van der Waals surface area contributed by atoms with E-state index in [1.165, 1.54) is 25.3 Å².